The first-order valence-electron chi connectivity index (χ1n) is 15.5. The van der Waals surface area contributed by atoms with Crippen LogP contribution in [0.15, 0.2) is 126 Å². The van der Waals surface area contributed by atoms with E-state index in [1.807, 2.05) is 42.5 Å². The average Bonchev–Trinajstić information content (AvgIpc) is 3.25. The van der Waals surface area contributed by atoms with Crippen molar-refractivity contribution in [1.29, 1.82) is 0 Å². The molecule has 5 aromatic rings. The summed E-state index contributed by atoms with van der Waals surface area (Å²) in [7, 11) is 0. The molecule has 1 N–H and O–H groups in total. The highest BCUT2D eigenvalue weighted by Crippen LogP contribution is 2.38. The summed E-state index contributed by atoms with van der Waals surface area (Å²) in [5.74, 6) is -1.49. The van der Waals surface area contributed by atoms with Gasteiger partial charge in [0.2, 0.25) is 0 Å². The van der Waals surface area contributed by atoms with Crippen LogP contribution in [0.25, 0.3) is 29.9 Å². The van der Waals surface area contributed by atoms with Crippen LogP contribution in [0.2, 0.25) is 0 Å². The number of thioether (sulfide) groups is 1. The third kappa shape index (κ3) is 6.38. The molecule has 1 amide bonds. The Morgan fingerprint density at radius 2 is 1.33 bits per heavy atom. The molecule has 0 aromatic heterocycles. The van der Waals surface area contributed by atoms with E-state index in [1.165, 1.54) is 33.4 Å². The van der Waals surface area contributed by atoms with E-state index >= 15 is 0 Å². The molecular weight excluding hydrogens is 633 g/mol. The number of carbonyl (C=O) groups is 2. The number of benzene rings is 5. The fourth-order valence-electron chi connectivity index (χ4n) is 5.99. The zero-order chi connectivity index (χ0) is 33.2. The highest BCUT2D eigenvalue weighted by Gasteiger charge is 2.33. The maximum Gasteiger partial charge on any atom is 0.323 e. The molecular formula is C41H30N2O3S2. The third-order valence-electron chi connectivity index (χ3n) is 8.28. The number of hydrogen-bond donors (Lipinski definition) is 1. The molecule has 0 unspecified atom stereocenters. The van der Waals surface area contributed by atoms with Gasteiger partial charge in [0.05, 0.1) is 4.91 Å². The second-order valence-electron chi connectivity index (χ2n) is 11.6. The number of thiocarbonyl (C=S) groups is 1. The number of carboxylic acids is 1. The lowest BCUT2D eigenvalue weighted by Crippen LogP contribution is -2.33. The molecule has 0 atom stereocenters. The van der Waals surface area contributed by atoms with Gasteiger partial charge >= 0.3 is 5.97 Å². The van der Waals surface area contributed by atoms with Crippen molar-refractivity contribution in [3.63, 3.8) is 0 Å². The smallest absolute Gasteiger partial charge is 0.323 e. The van der Waals surface area contributed by atoms with Gasteiger partial charge in [0.15, 0.2) is 0 Å². The summed E-state index contributed by atoms with van der Waals surface area (Å²) < 4.78 is 0.249. The SMILES string of the molecule is Cc1ccc2c(c1)C=Cc1ccccc1C2=Cc1ccc(N(c2ccccc2)c2ccc(/C=C3\SC(=S)N(CC(=O)O)C3=O)cc2)cc1. The lowest BCUT2D eigenvalue weighted by Gasteiger charge is -2.25. The molecule has 234 valence electrons. The normalized spacial score (nSPS) is 15.4. The van der Waals surface area contributed by atoms with Crippen LogP contribution in [0.1, 0.15) is 38.9 Å². The van der Waals surface area contributed by atoms with Gasteiger partial charge in [-0.3, -0.25) is 14.5 Å². The van der Waals surface area contributed by atoms with Crippen LogP contribution < -0.4 is 4.90 Å². The van der Waals surface area contributed by atoms with E-state index in [0.29, 0.717) is 4.91 Å². The van der Waals surface area contributed by atoms with Crippen LogP contribution in [0.4, 0.5) is 17.1 Å². The summed E-state index contributed by atoms with van der Waals surface area (Å²) >= 11 is 6.36. The lowest BCUT2D eigenvalue weighted by molar-refractivity contribution is -0.140. The third-order valence-corrected chi connectivity index (χ3v) is 9.66. The van der Waals surface area contributed by atoms with E-state index in [2.05, 4.69) is 109 Å². The van der Waals surface area contributed by atoms with Crippen LogP contribution in [-0.4, -0.2) is 32.7 Å². The molecule has 0 spiro atoms. The number of aliphatic carboxylic acids is 1. The Balaban J connectivity index is 1.21. The van der Waals surface area contributed by atoms with Gasteiger partial charge < -0.3 is 10.0 Å². The Bertz CT molecular complexity index is 2150. The molecule has 2 aliphatic rings. The van der Waals surface area contributed by atoms with Crippen LogP contribution in [0.5, 0.6) is 0 Å². The molecule has 1 fully saturated rings. The Hall–Kier alpha value is -5.50. The zero-order valence-electron chi connectivity index (χ0n) is 26.0. The van der Waals surface area contributed by atoms with Gasteiger partial charge in [-0.2, -0.15) is 0 Å². The maximum atomic E-state index is 12.8. The summed E-state index contributed by atoms with van der Waals surface area (Å²) in [5.41, 5.74) is 12.1. The molecule has 1 aliphatic heterocycles. The van der Waals surface area contributed by atoms with Gasteiger partial charge in [0.25, 0.3) is 5.91 Å². The Morgan fingerprint density at radius 1 is 0.750 bits per heavy atom. The van der Waals surface area contributed by atoms with Crippen molar-refractivity contribution in [2.45, 2.75) is 6.92 Å². The fourth-order valence-corrected chi connectivity index (χ4v) is 7.24. The predicted octanol–water partition coefficient (Wildman–Crippen LogP) is 9.82. The van der Waals surface area contributed by atoms with Gasteiger partial charge in [-0.25, -0.2) is 0 Å². The van der Waals surface area contributed by atoms with E-state index in [0.717, 1.165) is 44.9 Å². The van der Waals surface area contributed by atoms with Crippen LogP contribution in [0, 0.1) is 6.92 Å². The molecule has 1 saturated heterocycles. The molecule has 1 heterocycles. The first kappa shape index (κ1) is 31.1. The van der Waals surface area contributed by atoms with Crippen molar-refractivity contribution in [3.8, 4) is 0 Å². The topological polar surface area (TPSA) is 60.9 Å². The summed E-state index contributed by atoms with van der Waals surface area (Å²) in [6, 6.07) is 41.8. The number of hydrogen-bond acceptors (Lipinski definition) is 5. The molecule has 0 radical (unpaired) electrons. The number of amides is 1. The van der Waals surface area contributed by atoms with Crippen molar-refractivity contribution >= 4 is 87.1 Å². The maximum absolute atomic E-state index is 12.8. The first-order valence-corrected chi connectivity index (χ1v) is 16.7. The second-order valence-corrected chi connectivity index (χ2v) is 13.3. The molecule has 5 nitrogen and oxygen atoms in total. The minimum atomic E-state index is -1.10. The first-order chi connectivity index (χ1) is 23.3. The lowest BCUT2D eigenvalue weighted by atomic mass is 9.91. The number of fused-ring (bicyclic) bond motifs is 2. The number of para-hydroxylation sites is 1. The fraction of sp³-hybridized carbons (Fsp3) is 0.0488. The van der Waals surface area contributed by atoms with Crippen LogP contribution in [-0.2, 0) is 9.59 Å². The molecule has 5 aromatic carbocycles. The van der Waals surface area contributed by atoms with E-state index in [9.17, 15) is 9.59 Å². The molecule has 0 saturated carbocycles. The van der Waals surface area contributed by atoms with Crippen molar-refractivity contribution in [2.24, 2.45) is 0 Å². The highest BCUT2D eigenvalue weighted by molar-refractivity contribution is 8.26. The average molecular weight is 663 g/mol. The van der Waals surface area contributed by atoms with Gasteiger partial charge in [0.1, 0.15) is 10.9 Å². The Kier molecular flexibility index (Phi) is 8.63. The molecule has 48 heavy (non-hydrogen) atoms. The van der Waals surface area contributed by atoms with Gasteiger partial charge in [-0.15, -0.1) is 0 Å². The van der Waals surface area contributed by atoms with E-state index in [4.69, 9.17) is 17.3 Å². The standard InChI is InChI=1S/C41H30N2O3S2/c1-27-11-22-36-31(23-27)17-16-30-7-5-6-10-35(30)37(36)24-28-12-18-33(19-13-28)43(32-8-3-2-4-9-32)34-20-14-29(15-21-34)25-38-40(46)42(26-39(44)45)41(47)48-38/h2-25H,26H2,1H3,(H,44,45)/b37-24?,38-25-. The predicted molar refractivity (Wildman–Crippen MR) is 202 cm³/mol. The molecule has 1 aliphatic carbocycles. The number of anilines is 3. The summed E-state index contributed by atoms with van der Waals surface area (Å²) in [4.78, 5) is 27.7. The van der Waals surface area contributed by atoms with Crippen molar-refractivity contribution < 1.29 is 14.7 Å². The van der Waals surface area contributed by atoms with Crippen molar-refractivity contribution in [1.82, 2.24) is 4.90 Å². The summed E-state index contributed by atoms with van der Waals surface area (Å²) in [6.07, 6.45) is 8.42. The van der Waals surface area contributed by atoms with E-state index < -0.39 is 12.5 Å². The number of rotatable bonds is 7. The second kappa shape index (κ2) is 13.3. The van der Waals surface area contributed by atoms with Crippen LogP contribution >= 0.6 is 24.0 Å². The Morgan fingerprint density at radius 3 is 2.02 bits per heavy atom. The monoisotopic (exact) mass is 662 g/mol. The number of aryl methyl sites for hydroxylation is 1. The van der Waals surface area contributed by atoms with Crippen molar-refractivity contribution in [2.75, 3.05) is 11.4 Å². The number of carbonyl (C=O) groups excluding carboxylic acids is 1. The number of nitrogens with zero attached hydrogens (tertiary/aromatic N) is 2. The highest BCUT2D eigenvalue weighted by atomic mass is 32.2. The van der Waals surface area contributed by atoms with Gasteiger partial charge in [0, 0.05) is 17.1 Å². The minimum Gasteiger partial charge on any atom is -0.480 e. The summed E-state index contributed by atoms with van der Waals surface area (Å²) in [5, 5.41) is 9.14. The molecule has 7 heteroatoms. The number of carboxylic acid groups (broad SMARTS) is 1. The minimum absolute atomic E-state index is 0.249. The zero-order valence-corrected chi connectivity index (χ0v) is 27.7. The largest absolute Gasteiger partial charge is 0.480 e. The quantitative estimate of drug-likeness (QED) is 0.136. The van der Waals surface area contributed by atoms with Crippen molar-refractivity contribution in [3.05, 3.63) is 165 Å². The summed E-state index contributed by atoms with van der Waals surface area (Å²) in [6.45, 7) is 1.68. The Labute approximate surface area is 289 Å². The van der Waals surface area contributed by atoms with Crippen LogP contribution in [0.3, 0.4) is 0 Å². The van der Waals surface area contributed by atoms with Gasteiger partial charge in [-0.05, 0) is 94.4 Å². The van der Waals surface area contributed by atoms with E-state index in [1.54, 1.807) is 6.08 Å². The van der Waals surface area contributed by atoms with E-state index in [-0.39, 0.29) is 10.2 Å². The molecule has 0 bridgehead atoms. The molecule has 7 rings (SSSR count). The van der Waals surface area contributed by atoms with Gasteiger partial charge in [-0.1, -0.05) is 127 Å².